The molecule has 0 radical (unpaired) electrons. The number of halogens is 1. The number of likely N-dealkylation sites (N-methyl/N-ethyl adjacent to an activating group) is 1. The van der Waals surface area contributed by atoms with Gasteiger partial charge in [-0.2, -0.15) is 0 Å². The van der Waals surface area contributed by atoms with Crippen LogP contribution in [-0.2, 0) is 11.3 Å². The third-order valence-corrected chi connectivity index (χ3v) is 3.45. The molecular formula is C16H27ClN2O. The maximum Gasteiger partial charge on any atom is 0.239 e. The van der Waals surface area contributed by atoms with Crippen LogP contribution in [-0.4, -0.2) is 23.9 Å². The molecule has 4 heteroatoms. The van der Waals surface area contributed by atoms with E-state index in [4.69, 9.17) is 5.73 Å². The minimum absolute atomic E-state index is 0. The molecule has 2 N–H and O–H groups in total. The summed E-state index contributed by atoms with van der Waals surface area (Å²) in [6, 6.07) is 8.00. The largest absolute Gasteiger partial charge is 0.340 e. The van der Waals surface area contributed by atoms with E-state index in [1.165, 1.54) is 5.56 Å². The highest BCUT2D eigenvalue weighted by Gasteiger charge is 2.20. The van der Waals surface area contributed by atoms with Crippen LogP contribution < -0.4 is 5.73 Å². The molecule has 0 bridgehead atoms. The zero-order chi connectivity index (χ0) is 14.6. The lowest BCUT2D eigenvalue weighted by Gasteiger charge is -2.23. The van der Waals surface area contributed by atoms with Crippen molar-refractivity contribution in [2.24, 2.45) is 11.7 Å². The van der Waals surface area contributed by atoms with Crippen LogP contribution in [0.2, 0.25) is 0 Å². The number of nitrogens with two attached hydrogens (primary N) is 1. The fourth-order valence-electron chi connectivity index (χ4n) is 1.90. The summed E-state index contributed by atoms with van der Waals surface area (Å²) < 4.78 is 0. The van der Waals surface area contributed by atoms with Crippen molar-refractivity contribution >= 4 is 18.3 Å². The Morgan fingerprint density at radius 1 is 1.15 bits per heavy atom. The van der Waals surface area contributed by atoms with E-state index in [0.29, 0.717) is 12.5 Å². The lowest BCUT2D eigenvalue weighted by Crippen LogP contribution is -2.44. The molecule has 0 aromatic heterocycles. The van der Waals surface area contributed by atoms with Gasteiger partial charge in [0.05, 0.1) is 6.04 Å². The molecule has 0 aliphatic carbocycles. The van der Waals surface area contributed by atoms with E-state index >= 15 is 0 Å². The number of hydrogen-bond donors (Lipinski definition) is 1. The molecule has 0 heterocycles. The Balaban J connectivity index is 0.00000361. The molecule has 0 saturated heterocycles. The van der Waals surface area contributed by atoms with Gasteiger partial charge < -0.3 is 10.6 Å². The molecule has 0 unspecified atom stereocenters. The van der Waals surface area contributed by atoms with Crippen molar-refractivity contribution in [3.63, 3.8) is 0 Å². The second kappa shape index (κ2) is 8.28. The number of amides is 1. The van der Waals surface area contributed by atoms with Crippen molar-refractivity contribution in [1.82, 2.24) is 4.90 Å². The van der Waals surface area contributed by atoms with Gasteiger partial charge in [-0.3, -0.25) is 4.79 Å². The highest BCUT2D eigenvalue weighted by molar-refractivity contribution is 5.85. The summed E-state index contributed by atoms with van der Waals surface area (Å²) in [4.78, 5) is 13.8. The van der Waals surface area contributed by atoms with Gasteiger partial charge in [0.2, 0.25) is 5.91 Å². The second-order valence-corrected chi connectivity index (χ2v) is 5.86. The quantitative estimate of drug-likeness (QED) is 0.907. The molecule has 3 nitrogen and oxygen atoms in total. The van der Waals surface area contributed by atoms with Crippen LogP contribution in [0.4, 0.5) is 0 Å². The zero-order valence-corrected chi connectivity index (χ0v) is 13.9. The van der Waals surface area contributed by atoms with Crippen molar-refractivity contribution in [2.45, 2.75) is 46.2 Å². The summed E-state index contributed by atoms with van der Waals surface area (Å²) in [5.41, 5.74) is 8.34. The third kappa shape index (κ3) is 5.14. The van der Waals surface area contributed by atoms with E-state index in [-0.39, 0.29) is 24.2 Å². The summed E-state index contributed by atoms with van der Waals surface area (Å²) in [5.74, 6) is 0.698. The van der Waals surface area contributed by atoms with E-state index in [0.717, 1.165) is 5.56 Å². The Kier molecular flexibility index (Phi) is 7.84. The van der Waals surface area contributed by atoms with Crippen LogP contribution >= 0.6 is 12.4 Å². The van der Waals surface area contributed by atoms with Crippen LogP contribution in [0.5, 0.6) is 0 Å². The number of rotatable bonds is 5. The van der Waals surface area contributed by atoms with E-state index in [1.54, 1.807) is 11.9 Å². The fourth-order valence-corrected chi connectivity index (χ4v) is 1.90. The lowest BCUT2D eigenvalue weighted by molar-refractivity contribution is -0.132. The van der Waals surface area contributed by atoms with Crippen LogP contribution in [0.15, 0.2) is 24.3 Å². The second-order valence-electron chi connectivity index (χ2n) is 5.86. The summed E-state index contributed by atoms with van der Waals surface area (Å²) in [6.45, 7) is 8.89. The topological polar surface area (TPSA) is 46.3 Å². The number of benzene rings is 1. The molecule has 0 saturated carbocycles. The number of hydrogen-bond acceptors (Lipinski definition) is 2. The minimum atomic E-state index is -0.417. The van der Waals surface area contributed by atoms with E-state index < -0.39 is 6.04 Å². The van der Waals surface area contributed by atoms with Crippen LogP contribution in [0, 0.1) is 5.92 Å². The van der Waals surface area contributed by atoms with Gasteiger partial charge in [-0.25, -0.2) is 0 Å². The molecule has 1 amide bonds. The average Bonchev–Trinajstić information content (AvgIpc) is 2.37. The molecule has 1 aromatic carbocycles. The molecule has 1 rings (SSSR count). The average molecular weight is 299 g/mol. The molecular weight excluding hydrogens is 272 g/mol. The molecule has 1 atom stereocenters. The molecule has 0 aliphatic heterocycles. The summed E-state index contributed by atoms with van der Waals surface area (Å²) in [5, 5.41) is 0. The van der Waals surface area contributed by atoms with Gasteiger partial charge in [0, 0.05) is 13.6 Å². The first-order valence-electron chi connectivity index (χ1n) is 6.92. The Morgan fingerprint density at radius 2 is 1.65 bits per heavy atom. The first kappa shape index (κ1) is 18.9. The lowest BCUT2D eigenvalue weighted by atomic mass is 10.0. The summed E-state index contributed by atoms with van der Waals surface area (Å²) >= 11 is 0. The smallest absolute Gasteiger partial charge is 0.239 e. The Hall–Kier alpha value is -1.06. The van der Waals surface area contributed by atoms with Crippen LogP contribution in [0.3, 0.4) is 0 Å². The van der Waals surface area contributed by atoms with Gasteiger partial charge in [0.15, 0.2) is 0 Å². The highest BCUT2D eigenvalue weighted by atomic mass is 35.5. The molecule has 20 heavy (non-hydrogen) atoms. The molecule has 0 aliphatic rings. The third-order valence-electron chi connectivity index (χ3n) is 3.45. The monoisotopic (exact) mass is 298 g/mol. The van der Waals surface area contributed by atoms with Crippen molar-refractivity contribution in [1.29, 1.82) is 0 Å². The zero-order valence-electron chi connectivity index (χ0n) is 13.1. The van der Waals surface area contributed by atoms with Gasteiger partial charge in [0.25, 0.3) is 0 Å². The van der Waals surface area contributed by atoms with Gasteiger partial charge in [-0.15, -0.1) is 12.4 Å². The standard InChI is InChI=1S/C16H26N2O.ClH/c1-11(2)14-8-6-13(7-9-14)10-18(5)16(19)15(17)12(3)4;/h6-9,11-12,15H,10,17H2,1-5H3;1H/t15-;/m1./s1. The normalized spacial score (nSPS) is 12.2. The molecule has 114 valence electrons. The van der Waals surface area contributed by atoms with Crippen molar-refractivity contribution in [3.8, 4) is 0 Å². The van der Waals surface area contributed by atoms with Gasteiger partial charge in [-0.05, 0) is 23.0 Å². The van der Waals surface area contributed by atoms with Crippen LogP contribution in [0.25, 0.3) is 0 Å². The first-order valence-corrected chi connectivity index (χ1v) is 6.92. The predicted octanol–water partition coefficient (Wildman–Crippen LogP) is 3.17. The van der Waals surface area contributed by atoms with Crippen molar-refractivity contribution < 1.29 is 4.79 Å². The number of nitrogens with zero attached hydrogens (tertiary/aromatic N) is 1. The molecule has 0 spiro atoms. The van der Waals surface area contributed by atoms with Crippen molar-refractivity contribution in [3.05, 3.63) is 35.4 Å². The summed E-state index contributed by atoms with van der Waals surface area (Å²) in [7, 11) is 1.81. The van der Waals surface area contributed by atoms with E-state index in [1.807, 2.05) is 13.8 Å². The molecule has 1 aromatic rings. The van der Waals surface area contributed by atoms with Crippen LogP contribution in [0.1, 0.15) is 44.7 Å². The van der Waals surface area contributed by atoms with Gasteiger partial charge in [-0.1, -0.05) is 52.0 Å². The number of carbonyl (C=O) groups is 1. The molecule has 0 fully saturated rings. The number of carbonyl (C=O) groups excluding carboxylic acids is 1. The van der Waals surface area contributed by atoms with Gasteiger partial charge in [0.1, 0.15) is 0 Å². The maximum absolute atomic E-state index is 12.1. The van der Waals surface area contributed by atoms with E-state index in [9.17, 15) is 4.79 Å². The Bertz CT molecular complexity index is 415. The maximum atomic E-state index is 12.1. The Labute approximate surface area is 128 Å². The fraction of sp³-hybridized carbons (Fsp3) is 0.562. The summed E-state index contributed by atoms with van der Waals surface area (Å²) in [6.07, 6.45) is 0. The Morgan fingerprint density at radius 3 is 2.05 bits per heavy atom. The SMILES string of the molecule is CC(C)c1ccc(CN(C)C(=O)[C@H](N)C(C)C)cc1.Cl. The van der Waals surface area contributed by atoms with Gasteiger partial charge >= 0.3 is 0 Å². The minimum Gasteiger partial charge on any atom is -0.340 e. The first-order chi connectivity index (χ1) is 8.82. The van der Waals surface area contributed by atoms with Crippen molar-refractivity contribution in [2.75, 3.05) is 7.05 Å². The highest BCUT2D eigenvalue weighted by Crippen LogP contribution is 2.15. The predicted molar refractivity (Wildman–Crippen MR) is 87.1 cm³/mol. The van der Waals surface area contributed by atoms with E-state index in [2.05, 4.69) is 38.1 Å².